The van der Waals surface area contributed by atoms with Gasteiger partial charge in [-0.1, -0.05) is 37.8 Å². The van der Waals surface area contributed by atoms with Gasteiger partial charge in [-0.25, -0.2) is 0 Å². The average molecular weight is 388 g/mol. The summed E-state index contributed by atoms with van der Waals surface area (Å²) in [5, 5.41) is 13.0. The molecular formula is C23H33NO4. The molecule has 0 aliphatic carbocycles. The van der Waals surface area contributed by atoms with Gasteiger partial charge in [0.2, 0.25) is 0 Å². The molecule has 1 aromatic carbocycles. The van der Waals surface area contributed by atoms with Crippen molar-refractivity contribution in [1.29, 1.82) is 0 Å². The van der Waals surface area contributed by atoms with Crippen molar-refractivity contribution in [3.05, 3.63) is 29.8 Å². The zero-order valence-corrected chi connectivity index (χ0v) is 16.9. The molecule has 0 radical (unpaired) electrons. The van der Waals surface area contributed by atoms with Crippen LogP contribution in [0.3, 0.4) is 0 Å². The van der Waals surface area contributed by atoms with E-state index in [0.717, 1.165) is 37.4 Å². The van der Waals surface area contributed by atoms with Gasteiger partial charge in [-0.05, 0) is 62.0 Å². The van der Waals surface area contributed by atoms with Crippen LogP contribution in [-0.2, 0) is 9.59 Å². The monoisotopic (exact) mass is 387 g/mol. The first-order chi connectivity index (χ1) is 13.6. The number of hydrogen-bond acceptors (Lipinski definition) is 5. The van der Waals surface area contributed by atoms with Crippen LogP contribution in [0.25, 0.3) is 6.08 Å². The molecule has 0 amide bonds. The second-order valence-corrected chi connectivity index (χ2v) is 7.59. The Hall–Kier alpha value is -2.14. The van der Waals surface area contributed by atoms with Crippen molar-refractivity contribution < 1.29 is 19.4 Å². The number of hydrogen-bond donors (Lipinski definition) is 2. The minimum absolute atomic E-state index is 0.0105. The number of aromatic hydroxyl groups is 1. The van der Waals surface area contributed by atoms with Gasteiger partial charge < -0.3 is 15.2 Å². The highest BCUT2D eigenvalue weighted by atomic mass is 16.5. The van der Waals surface area contributed by atoms with E-state index in [0.29, 0.717) is 12.2 Å². The third kappa shape index (κ3) is 8.26. The third-order valence-electron chi connectivity index (χ3n) is 5.31. The molecule has 154 valence electrons. The SMILES string of the molecule is COc1cc(C=CC(=O)CC(=O)CCCCCCC2CCNCC2)ccc1O. The number of rotatable bonds is 12. The zero-order valence-electron chi connectivity index (χ0n) is 16.9. The van der Waals surface area contributed by atoms with Crippen LogP contribution >= 0.6 is 0 Å². The smallest absolute Gasteiger partial charge is 0.163 e. The van der Waals surface area contributed by atoms with Crippen molar-refractivity contribution >= 4 is 17.6 Å². The minimum Gasteiger partial charge on any atom is -0.504 e. The van der Waals surface area contributed by atoms with Crippen LogP contribution in [0.5, 0.6) is 11.5 Å². The number of carbonyl (C=O) groups is 2. The molecule has 0 bridgehead atoms. The molecule has 1 aliphatic rings. The summed E-state index contributed by atoms with van der Waals surface area (Å²) in [6.45, 7) is 2.31. The number of phenolic OH excluding ortho intramolecular Hbond substituents is 1. The fourth-order valence-electron chi connectivity index (χ4n) is 3.61. The highest BCUT2D eigenvalue weighted by molar-refractivity contribution is 6.06. The van der Waals surface area contributed by atoms with Crippen molar-refractivity contribution in [3.63, 3.8) is 0 Å². The Balaban J connectivity index is 1.58. The molecule has 5 nitrogen and oxygen atoms in total. The number of unbranched alkanes of at least 4 members (excludes halogenated alkanes) is 3. The van der Waals surface area contributed by atoms with Crippen LogP contribution < -0.4 is 10.1 Å². The fraction of sp³-hybridized carbons (Fsp3) is 0.565. The summed E-state index contributed by atoms with van der Waals surface area (Å²) in [5.74, 6) is 1.10. The summed E-state index contributed by atoms with van der Waals surface area (Å²) in [6, 6.07) is 4.84. The molecule has 1 saturated heterocycles. The molecular weight excluding hydrogens is 354 g/mol. The number of phenols is 1. The van der Waals surface area contributed by atoms with Gasteiger partial charge in [0.05, 0.1) is 13.5 Å². The van der Waals surface area contributed by atoms with Crippen molar-refractivity contribution in [3.8, 4) is 11.5 Å². The maximum absolute atomic E-state index is 12.0. The summed E-state index contributed by atoms with van der Waals surface area (Å²) in [4.78, 5) is 23.9. The number of benzene rings is 1. The molecule has 5 heteroatoms. The molecule has 28 heavy (non-hydrogen) atoms. The van der Waals surface area contributed by atoms with Gasteiger partial charge in [0.25, 0.3) is 0 Å². The lowest BCUT2D eigenvalue weighted by Crippen LogP contribution is -2.27. The average Bonchev–Trinajstić information content (AvgIpc) is 2.70. The summed E-state index contributed by atoms with van der Waals surface area (Å²) >= 11 is 0. The van der Waals surface area contributed by atoms with Crippen LogP contribution in [0.15, 0.2) is 24.3 Å². The molecule has 0 unspecified atom stereocenters. The van der Waals surface area contributed by atoms with Crippen LogP contribution in [0, 0.1) is 5.92 Å². The number of ketones is 2. The van der Waals surface area contributed by atoms with E-state index in [1.54, 1.807) is 18.2 Å². The van der Waals surface area contributed by atoms with Gasteiger partial charge in [0, 0.05) is 6.42 Å². The summed E-state index contributed by atoms with van der Waals surface area (Å²) in [7, 11) is 1.47. The summed E-state index contributed by atoms with van der Waals surface area (Å²) < 4.78 is 5.04. The predicted molar refractivity (Wildman–Crippen MR) is 112 cm³/mol. The minimum atomic E-state index is -0.192. The molecule has 0 aromatic heterocycles. The molecule has 0 spiro atoms. The Morgan fingerprint density at radius 3 is 2.68 bits per heavy atom. The number of allylic oxidation sites excluding steroid dienone is 1. The van der Waals surface area contributed by atoms with Crippen LogP contribution in [0.1, 0.15) is 63.4 Å². The summed E-state index contributed by atoms with van der Waals surface area (Å²) in [5.41, 5.74) is 0.740. The van der Waals surface area contributed by atoms with Crippen LogP contribution in [0.4, 0.5) is 0 Å². The Morgan fingerprint density at radius 2 is 1.93 bits per heavy atom. The number of methoxy groups -OCH3 is 1. The topological polar surface area (TPSA) is 75.6 Å². The van der Waals surface area contributed by atoms with E-state index >= 15 is 0 Å². The molecule has 1 aliphatic heterocycles. The number of ether oxygens (including phenoxy) is 1. The highest BCUT2D eigenvalue weighted by Crippen LogP contribution is 2.26. The van der Waals surface area contributed by atoms with Gasteiger partial charge in [-0.2, -0.15) is 0 Å². The lowest BCUT2D eigenvalue weighted by molar-refractivity contribution is -0.124. The molecule has 1 heterocycles. The molecule has 1 aromatic rings. The van der Waals surface area contributed by atoms with E-state index in [1.165, 1.54) is 51.4 Å². The summed E-state index contributed by atoms with van der Waals surface area (Å²) in [6.07, 6.45) is 11.8. The van der Waals surface area contributed by atoms with E-state index in [1.807, 2.05) is 0 Å². The first-order valence-electron chi connectivity index (χ1n) is 10.4. The first-order valence-corrected chi connectivity index (χ1v) is 10.4. The van der Waals surface area contributed by atoms with Gasteiger partial charge in [-0.15, -0.1) is 0 Å². The Bertz CT molecular complexity index is 663. The van der Waals surface area contributed by atoms with E-state index in [4.69, 9.17) is 4.74 Å². The molecule has 0 atom stereocenters. The first kappa shape index (κ1) is 22.2. The number of piperidine rings is 1. The van der Waals surface area contributed by atoms with E-state index < -0.39 is 0 Å². The van der Waals surface area contributed by atoms with Gasteiger partial charge >= 0.3 is 0 Å². The maximum Gasteiger partial charge on any atom is 0.163 e. The quantitative estimate of drug-likeness (QED) is 0.318. The Morgan fingerprint density at radius 1 is 1.18 bits per heavy atom. The van der Waals surface area contributed by atoms with Gasteiger partial charge in [0.15, 0.2) is 17.3 Å². The van der Waals surface area contributed by atoms with Crippen molar-refractivity contribution in [2.75, 3.05) is 20.2 Å². The molecule has 0 saturated carbocycles. The van der Waals surface area contributed by atoms with E-state index in [9.17, 15) is 14.7 Å². The lowest BCUT2D eigenvalue weighted by Gasteiger charge is -2.22. The van der Waals surface area contributed by atoms with Gasteiger partial charge in [-0.3, -0.25) is 9.59 Å². The Labute approximate surface area is 168 Å². The largest absolute Gasteiger partial charge is 0.504 e. The van der Waals surface area contributed by atoms with Crippen molar-refractivity contribution in [2.24, 2.45) is 5.92 Å². The molecule has 2 N–H and O–H groups in total. The van der Waals surface area contributed by atoms with E-state index in [2.05, 4.69) is 5.32 Å². The van der Waals surface area contributed by atoms with Gasteiger partial charge in [0.1, 0.15) is 5.78 Å². The zero-order chi connectivity index (χ0) is 20.2. The normalized spacial score (nSPS) is 15.0. The second kappa shape index (κ2) is 12.3. The number of nitrogens with one attached hydrogen (secondary N) is 1. The standard InChI is InChI=1S/C23H33NO4/c1-28-23-16-19(9-11-22(23)27)8-10-21(26)17-20(25)7-5-3-2-4-6-18-12-14-24-15-13-18/h8-11,16,18,24,27H,2-7,12-15,17H2,1H3. The fourth-order valence-corrected chi connectivity index (χ4v) is 3.61. The van der Waals surface area contributed by atoms with Crippen LogP contribution in [0.2, 0.25) is 0 Å². The van der Waals surface area contributed by atoms with Crippen LogP contribution in [-0.4, -0.2) is 36.9 Å². The number of Topliss-reactive ketones (excluding diaryl/α,β-unsaturated/α-hetero) is 1. The highest BCUT2D eigenvalue weighted by Gasteiger charge is 2.12. The Kier molecular flexibility index (Phi) is 9.77. The lowest BCUT2D eigenvalue weighted by atomic mass is 9.92. The predicted octanol–water partition coefficient (Wildman–Crippen LogP) is 4.28. The maximum atomic E-state index is 12.0. The second-order valence-electron chi connectivity index (χ2n) is 7.59. The van der Waals surface area contributed by atoms with Crippen molar-refractivity contribution in [2.45, 2.75) is 57.8 Å². The molecule has 1 fully saturated rings. The molecule has 2 rings (SSSR count). The third-order valence-corrected chi connectivity index (χ3v) is 5.31. The van der Waals surface area contributed by atoms with E-state index in [-0.39, 0.29) is 23.7 Å². The number of carbonyl (C=O) groups excluding carboxylic acids is 2. The van der Waals surface area contributed by atoms with Crippen molar-refractivity contribution in [1.82, 2.24) is 5.32 Å².